The average molecular weight is 443 g/mol. The molecule has 0 fully saturated rings. The molecule has 1 N–H and O–H groups in total. The van der Waals surface area contributed by atoms with E-state index in [1.165, 1.54) is 24.3 Å². The molecule has 1 aliphatic rings. The van der Waals surface area contributed by atoms with Gasteiger partial charge < -0.3 is 10.1 Å². The SMILES string of the molecule is CCCOc1cccc(NC2=C(c3ccc([N+](=O)[O-])cc3)C(=O)N(c3ccccc3)C2=O)c1. The summed E-state index contributed by atoms with van der Waals surface area (Å²) in [5.41, 5.74) is 1.53. The van der Waals surface area contributed by atoms with Gasteiger partial charge in [0.1, 0.15) is 11.4 Å². The molecule has 1 heterocycles. The Morgan fingerprint density at radius 1 is 0.939 bits per heavy atom. The van der Waals surface area contributed by atoms with Crippen LogP contribution in [0.3, 0.4) is 0 Å². The second-order valence-corrected chi connectivity index (χ2v) is 7.34. The Morgan fingerprint density at radius 2 is 1.67 bits per heavy atom. The highest BCUT2D eigenvalue weighted by Crippen LogP contribution is 2.34. The highest BCUT2D eigenvalue weighted by molar-refractivity contribution is 6.46. The Bertz CT molecular complexity index is 1240. The van der Waals surface area contributed by atoms with Crippen molar-refractivity contribution >= 4 is 34.4 Å². The fourth-order valence-electron chi connectivity index (χ4n) is 3.50. The van der Waals surface area contributed by atoms with Gasteiger partial charge in [-0.3, -0.25) is 19.7 Å². The van der Waals surface area contributed by atoms with Gasteiger partial charge in [-0.15, -0.1) is 0 Å². The van der Waals surface area contributed by atoms with E-state index in [0.29, 0.717) is 29.3 Å². The van der Waals surface area contributed by atoms with Crippen molar-refractivity contribution in [3.63, 3.8) is 0 Å². The summed E-state index contributed by atoms with van der Waals surface area (Å²) in [4.78, 5) is 38.4. The van der Waals surface area contributed by atoms with Gasteiger partial charge in [0.05, 0.1) is 22.8 Å². The molecular formula is C25H21N3O5. The van der Waals surface area contributed by atoms with E-state index in [-0.39, 0.29) is 17.0 Å². The molecule has 0 aliphatic carbocycles. The lowest BCUT2D eigenvalue weighted by Crippen LogP contribution is -2.32. The van der Waals surface area contributed by atoms with Crippen LogP contribution < -0.4 is 15.0 Å². The summed E-state index contributed by atoms with van der Waals surface area (Å²) < 4.78 is 5.66. The van der Waals surface area contributed by atoms with Crippen LogP contribution in [0.5, 0.6) is 5.75 Å². The van der Waals surface area contributed by atoms with Gasteiger partial charge in [-0.25, -0.2) is 4.90 Å². The van der Waals surface area contributed by atoms with Crippen LogP contribution in [0.25, 0.3) is 5.57 Å². The molecule has 0 unspecified atom stereocenters. The fraction of sp³-hybridized carbons (Fsp3) is 0.120. The lowest BCUT2D eigenvalue weighted by molar-refractivity contribution is -0.384. The van der Waals surface area contributed by atoms with Gasteiger partial charge in [0, 0.05) is 23.9 Å². The Labute approximate surface area is 190 Å². The molecular weight excluding hydrogens is 422 g/mol. The molecule has 0 aromatic heterocycles. The molecule has 2 amide bonds. The summed E-state index contributed by atoms with van der Waals surface area (Å²) in [6.45, 7) is 2.56. The molecule has 4 rings (SSSR count). The smallest absolute Gasteiger partial charge is 0.282 e. The Hall–Kier alpha value is -4.46. The molecule has 3 aromatic rings. The van der Waals surface area contributed by atoms with E-state index in [2.05, 4.69) is 5.32 Å². The summed E-state index contributed by atoms with van der Waals surface area (Å²) in [5, 5.41) is 14.1. The van der Waals surface area contributed by atoms with Crippen LogP contribution in [0, 0.1) is 10.1 Å². The third-order valence-corrected chi connectivity index (χ3v) is 5.04. The van der Waals surface area contributed by atoms with Crippen LogP contribution in [0.2, 0.25) is 0 Å². The van der Waals surface area contributed by atoms with Crippen molar-refractivity contribution in [2.75, 3.05) is 16.8 Å². The van der Waals surface area contributed by atoms with Crippen LogP contribution in [-0.4, -0.2) is 23.3 Å². The number of para-hydroxylation sites is 1. The van der Waals surface area contributed by atoms with E-state index in [1.54, 1.807) is 48.5 Å². The first-order valence-electron chi connectivity index (χ1n) is 10.4. The van der Waals surface area contributed by atoms with Gasteiger partial charge in [0.25, 0.3) is 17.5 Å². The summed E-state index contributed by atoms with van der Waals surface area (Å²) in [7, 11) is 0. The van der Waals surface area contributed by atoms with Crippen LogP contribution in [-0.2, 0) is 9.59 Å². The fourth-order valence-corrected chi connectivity index (χ4v) is 3.50. The van der Waals surface area contributed by atoms with E-state index in [0.717, 1.165) is 11.3 Å². The number of hydrogen-bond acceptors (Lipinski definition) is 6. The number of amides is 2. The van der Waals surface area contributed by atoms with Crippen molar-refractivity contribution < 1.29 is 19.2 Å². The van der Waals surface area contributed by atoms with Crippen LogP contribution in [0.1, 0.15) is 18.9 Å². The van der Waals surface area contributed by atoms with E-state index in [4.69, 9.17) is 4.74 Å². The first-order valence-corrected chi connectivity index (χ1v) is 10.4. The minimum absolute atomic E-state index is 0.0883. The quantitative estimate of drug-likeness (QED) is 0.305. The standard InChI is InChI=1S/C25H21N3O5/c1-2-15-33-21-10-6-7-18(16-21)26-23-22(17-11-13-20(14-12-17)28(31)32)24(29)27(25(23)30)19-8-4-3-5-9-19/h3-14,16,26H,2,15H2,1H3. The summed E-state index contributed by atoms with van der Waals surface area (Å²) in [5.74, 6) is -0.392. The number of imide groups is 1. The van der Waals surface area contributed by atoms with Crippen molar-refractivity contribution in [3.05, 3.63) is 100 Å². The van der Waals surface area contributed by atoms with Gasteiger partial charge in [-0.1, -0.05) is 31.2 Å². The number of non-ortho nitro benzene ring substituents is 1. The molecule has 0 saturated carbocycles. The highest BCUT2D eigenvalue weighted by atomic mass is 16.6. The van der Waals surface area contributed by atoms with E-state index in [1.807, 2.05) is 13.0 Å². The van der Waals surface area contributed by atoms with Gasteiger partial charge in [-0.05, 0) is 48.4 Å². The molecule has 166 valence electrons. The number of nitro benzene ring substituents is 1. The van der Waals surface area contributed by atoms with Crippen molar-refractivity contribution in [2.24, 2.45) is 0 Å². The summed E-state index contributed by atoms with van der Waals surface area (Å²) >= 11 is 0. The normalized spacial score (nSPS) is 13.4. The number of nitrogens with zero attached hydrogens (tertiary/aromatic N) is 2. The van der Waals surface area contributed by atoms with Crippen LogP contribution in [0.15, 0.2) is 84.6 Å². The second kappa shape index (κ2) is 9.35. The Morgan fingerprint density at radius 3 is 2.33 bits per heavy atom. The Balaban J connectivity index is 1.76. The third-order valence-electron chi connectivity index (χ3n) is 5.04. The lowest BCUT2D eigenvalue weighted by Gasteiger charge is -2.15. The second-order valence-electron chi connectivity index (χ2n) is 7.34. The highest BCUT2D eigenvalue weighted by Gasteiger charge is 2.40. The molecule has 33 heavy (non-hydrogen) atoms. The number of nitrogens with one attached hydrogen (secondary N) is 1. The summed E-state index contributed by atoms with van der Waals surface area (Å²) in [6, 6.07) is 21.3. The third kappa shape index (κ3) is 4.45. The number of carbonyl (C=O) groups is 2. The molecule has 0 spiro atoms. The topological polar surface area (TPSA) is 102 Å². The Kier molecular flexibility index (Phi) is 6.17. The van der Waals surface area contributed by atoms with E-state index in [9.17, 15) is 19.7 Å². The van der Waals surface area contributed by atoms with Gasteiger partial charge in [-0.2, -0.15) is 0 Å². The van der Waals surface area contributed by atoms with Gasteiger partial charge >= 0.3 is 0 Å². The predicted molar refractivity (Wildman–Crippen MR) is 125 cm³/mol. The maximum Gasteiger partial charge on any atom is 0.282 e. The molecule has 3 aromatic carbocycles. The number of carbonyl (C=O) groups excluding carboxylic acids is 2. The van der Waals surface area contributed by atoms with Crippen molar-refractivity contribution in [1.82, 2.24) is 0 Å². The monoisotopic (exact) mass is 443 g/mol. The maximum absolute atomic E-state index is 13.4. The van der Waals surface area contributed by atoms with E-state index < -0.39 is 16.7 Å². The van der Waals surface area contributed by atoms with Crippen LogP contribution in [0.4, 0.5) is 17.1 Å². The first-order chi connectivity index (χ1) is 16.0. The number of nitro groups is 1. The largest absolute Gasteiger partial charge is 0.494 e. The molecule has 8 nitrogen and oxygen atoms in total. The number of hydrogen-bond donors (Lipinski definition) is 1. The first kappa shape index (κ1) is 21.8. The summed E-state index contributed by atoms with van der Waals surface area (Å²) in [6.07, 6.45) is 0.853. The van der Waals surface area contributed by atoms with Crippen molar-refractivity contribution in [3.8, 4) is 5.75 Å². The molecule has 1 aliphatic heterocycles. The van der Waals surface area contributed by atoms with Gasteiger partial charge in [0.15, 0.2) is 0 Å². The maximum atomic E-state index is 13.4. The molecule has 8 heteroatoms. The zero-order valence-electron chi connectivity index (χ0n) is 17.9. The van der Waals surface area contributed by atoms with Crippen molar-refractivity contribution in [2.45, 2.75) is 13.3 Å². The zero-order valence-corrected chi connectivity index (χ0v) is 17.9. The zero-order chi connectivity index (χ0) is 23.4. The minimum atomic E-state index is -0.517. The molecule has 0 saturated heterocycles. The number of anilines is 2. The molecule has 0 bridgehead atoms. The average Bonchev–Trinajstić information content (AvgIpc) is 3.07. The van der Waals surface area contributed by atoms with Gasteiger partial charge in [0.2, 0.25) is 0 Å². The van der Waals surface area contributed by atoms with E-state index >= 15 is 0 Å². The predicted octanol–water partition coefficient (Wildman–Crippen LogP) is 4.78. The van der Waals surface area contributed by atoms with Crippen LogP contribution >= 0.6 is 0 Å². The lowest BCUT2D eigenvalue weighted by atomic mass is 10.0. The number of rotatable bonds is 8. The minimum Gasteiger partial charge on any atom is -0.494 e. The molecule has 0 radical (unpaired) electrons. The number of ether oxygens (including phenoxy) is 1. The number of benzene rings is 3. The van der Waals surface area contributed by atoms with Crippen molar-refractivity contribution in [1.29, 1.82) is 0 Å². The molecule has 0 atom stereocenters.